The van der Waals surface area contributed by atoms with E-state index in [1.54, 1.807) is 44.5 Å². The van der Waals surface area contributed by atoms with E-state index in [0.29, 0.717) is 65.8 Å². The Labute approximate surface area is 209 Å². The van der Waals surface area contributed by atoms with Crippen molar-refractivity contribution >= 4 is 28.9 Å². The number of nitrogens with one attached hydrogen (secondary N) is 2. The fourth-order valence-electron chi connectivity index (χ4n) is 4.62. The fraction of sp³-hybridized carbons (Fsp3) is 0.333. The van der Waals surface area contributed by atoms with E-state index < -0.39 is 17.9 Å². The van der Waals surface area contributed by atoms with Crippen molar-refractivity contribution in [1.82, 2.24) is 4.57 Å². The van der Waals surface area contributed by atoms with Gasteiger partial charge in [-0.3, -0.25) is 9.59 Å². The molecule has 0 saturated carbocycles. The van der Waals surface area contributed by atoms with Gasteiger partial charge in [0.25, 0.3) is 11.8 Å². The molecule has 8 nitrogen and oxygen atoms in total. The zero-order valence-electron chi connectivity index (χ0n) is 20.9. The molecule has 1 aromatic heterocycles. The van der Waals surface area contributed by atoms with Gasteiger partial charge in [-0.05, 0) is 62.2 Å². The molecule has 190 valence electrons. The first-order valence-electron chi connectivity index (χ1n) is 11.8. The van der Waals surface area contributed by atoms with Crippen molar-refractivity contribution in [3.8, 4) is 0 Å². The molecule has 4 rings (SSSR count). The molecular weight excluding hydrogens is 463 g/mol. The highest BCUT2D eigenvalue weighted by molar-refractivity contribution is 6.07. The normalized spacial score (nSPS) is 14.4. The lowest BCUT2D eigenvalue weighted by Gasteiger charge is -2.30. The standard InChI is InChI=1S/C27H31FN4O4/c1-16-15-19(9-10-20(16)28)29-26(34)23-17(2)24(31(4)18(23)3)25(33)27(35)30-21-7-5-6-8-22(21)32-11-13-36-14-12-32/h5-10,15,25,33H,11-14H2,1-4H3,(H,29,34)(H,30,35). The number of aliphatic hydroxyl groups excluding tert-OH is 1. The van der Waals surface area contributed by atoms with Gasteiger partial charge in [-0.25, -0.2) is 4.39 Å². The van der Waals surface area contributed by atoms with Crippen LogP contribution in [0.1, 0.15) is 39.0 Å². The minimum atomic E-state index is -1.50. The Bertz CT molecular complexity index is 1300. The number of aromatic nitrogens is 1. The number of carbonyl (C=O) groups is 2. The van der Waals surface area contributed by atoms with E-state index in [4.69, 9.17) is 4.74 Å². The van der Waals surface area contributed by atoms with Crippen molar-refractivity contribution < 1.29 is 23.8 Å². The summed E-state index contributed by atoms with van der Waals surface area (Å²) in [5, 5.41) is 16.7. The molecule has 0 radical (unpaired) electrons. The highest BCUT2D eigenvalue weighted by Crippen LogP contribution is 2.31. The van der Waals surface area contributed by atoms with Gasteiger partial charge in [0.1, 0.15) is 5.82 Å². The Balaban J connectivity index is 1.57. The molecule has 0 spiro atoms. The predicted octanol–water partition coefficient (Wildman–Crippen LogP) is 3.85. The topological polar surface area (TPSA) is 95.8 Å². The third-order valence-corrected chi connectivity index (χ3v) is 6.65. The summed E-state index contributed by atoms with van der Waals surface area (Å²) in [6, 6.07) is 11.8. The number of hydrogen-bond acceptors (Lipinski definition) is 5. The molecule has 9 heteroatoms. The molecule has 0 bridgehead atoms. The van der Waals surface area contributed by atoms with Gasteiger partial charge in [0, 0.05) is 31.5 Å². The van der Waals surface area contributed by atoms with Gasteiger partial charge in [-0.15, -0.1) is 0 Å². The molecule has 1 atom stereocenters. The number of ether oxygens (including phenoxy) is 1. The number of nitrogens with zero attached hydrogens (tertiary/aromatic N) is 2. The molecule has 3 aromatic rings. The number of para-hydroxylation sites is 2. The van der Waals surface area contributed by atoms with Crippen LogP contribution >= 0.6 is 0 Å². The van der Waals surface area contributed by atoms with Crippen LogP contribution in [0.5, 0.6) is 0 Å². The van der Waals surface area contributed by atoms with Gasteiger partial charge in [0.05, 0.1) is 35.8 Å². The second kappa shape index (κ2) is 10.5. The van der Waals surface area contributed by atoms with Crippen LogP contribution in [-0.4, -0.2) is 47.8 Å². The molecule has 36 heavy (non-hydrogen) atoms. The Kier molecular flexibility index (Phi) is 7.42. The third-order valence-electron chi connectivity index (χ3n) is 6.65. The number of benzene rings is 2. The van der Waals surface area contributed by atoms with Crippen molar-refractivity contribution in [2.24, 2.45) is 7.05 Å². The summed E-state index contributed by atoms with van der Waals surface area (Å²) in [5.74, 6) is -1.35. The van der Waals surface area contributed by atoms with Crippen LogP contribution in [0.4, 0.5) is 21.5 Å². The summed E-state index contributed by atoms with van der Waals surface area (Å²) in [5.41, 5.74) is 4.10. The number of halogens is 1. The number of aryl methyl sites for hydroxylation is 1. The van der Waals surface area contributed by atoms with Crippen LogP contribution in [-0.2, 0) is 16.6 Å². The number of amides is 2. The van der Waals surface area contributed by atoms with Gasteiger partial charge in [-0.1, -0.05) is 12.1 Å². The van der Waals surface area contributed by atoms with Crippen LogP contribution in [0.2, 0.25) is 0 Å². The first-order valence-corrected chi connectivity index (χ1v) is 11.8. The molecule has 1 aliphatic rings. The molecule has 1 unspecified atom stereocenters. The van der Waals surface area contributed by atoms with Gasteiger partial charge < -0.3 is 29.9 Å². The number of aliphatic hydroxyl groups is 1. The summed E-state index contributed by atoms with van der Waals surface area (Å²) >= 11 is 0. The largest absolute Gasteiger partial charge is 0.378 e. The summed E-state index contributed by atoms with van der Waals surface area (Å²) in [6.07, 6.45) is -1.50. The monoisotopic (exact) mass is 494 g/mol. The maximum Gasteiger partial charge on any atom is 0.259 e. The maximum atomic E-state index is 13.6. The van der Waals surface area contributed by atoms with E-state index in [9.17, 15) is 19.1 Å². The predicted molar refractivity (Wildman–Crippen MR) is 137 cm³/mol. The van der Waals surface area contributed by atoms with Crippen LogP contribution in [0, 0.1) is 26.6 Å². The zero-order chi connectivity index (χ0) is 26.0. The lowest BCUT2D eigenvalue weighted by atomic mass is 10.1. The maximum absolute atomic E-state index is 13.6. The second-order valence-electron chi connectivity index (χ2n) is 8.96. The summed E-state index contributed by atoms with van der Waals surface area (Å²) in [4.78, 5) is 28.4. The molecule has 2 amide bonds. The number of anilines is 3. The van der Waals surface area contributed by atoms with Crippen LogP contribution < -0.4 is 15.5 Å². The molecule has 1 aliphatic heterocycles. The molecule has 2 heterocycles. The van der Waals surface area contributed by atoms with E-state index in [1.807, 2.05) is 18.2 Å². The Hall–Kier alpha value is -3.69. The van der Waals surface area contributed by atoms with Crippen molar-refractivity contribution in [2.75, 3.05) is 41.8 Å². The number of hydrogen-bond donors (Lipinski definition) is 3. The van der Waals surface area contributed by atoms with Crippen molar-refractivity contribution in [3.63, 3.8) is 0 Å². The number of rotatable bonds is 6. The average molecular weight is 495 g/mol. The van der Waals surface area contributed by atoms with Gasteiger partial charge >= 0.3 is 0 Å². The Morgan fingerprint density at radius 2 is 1.75 bits per heavy atom. The third kappa shape index (κ3) is 4.98. The average Bonchev–Trinajstić information content (AvgIpc) is 3.09. The number of carbonyl (C=O) groups excluding carboxylic acids is 2. The SMILES string of the molecule is Cc1cc(NC(=O)c2c(C)c(C(O)C(=O)Nc3ccccc3N3CCOCC3)n(C)c2C)ccc1F. The van der Waals surface area contributed by atoms with Gasteiger partial charge in [0.15, 0.2) is 6.10 Å². The van der Waals surface area contributed by atoms with Gasteiger partial charge in [-0.2, -0.15) is 0 Å². The lowest BCUT2D eigenvalue weighted by molar-refractivity contribution is -0.124. The molecule has 1 saturated heterocycles. The molecule has 0 aliphatic carbocycles. The second-order valence-corrected chi connectivity index (χ2v) is 8.96. The van der Waals surface area contributed by atoms with E-state index in [0.717, 1.165) is 5.69 Å². The first kappa shape index (κ1) is 25.4. The van der Waals surface area contributed by atoms with E-state index in [1.165, 1.54) is 12.1 Å². The smallest absolute Gasteiger partial charge is 0.259 e. The minimum absolute atomic E-state index is 0.328. The van der Waals surface area contributed by atoms with Crippen molar-refractivity contribution in [1.29, 1.82) is 0 Å². The van der Waals surface area contributed by atoms with Crippen LogP contribution in [0.15, 0.2) is 42.5 Å². The Morgan fingerprint density at radius 1 is 1.06 bits per heavy atom. The summed E-state index contributed by atoms with van der Waals surface area (Å²) in [7, 11) is 1.70. The van der Waals surface area contributed by atoms with E-state index in [-0.39, 0.29) is 5.82 Å². The lowest BCUT2D eigenvalue weighted by Crippen LogP contribution is -2.37. The highest BCUT2D eigenvalue weighted by Gasteiger charge is 2.29. The summed E-state index contributed by atoms with van der Waals surface area (Å²) in [6.45, 7) is 7.69. The quantitative estimate of drug-likeness (QED) is 0.484. The molecular formula is C27H31FN4O4. The molecule has 3 N–H and O–H groups in total. The fourth-order valence-corrected chi connectivity index (χ4v) is 4.62. The van der Waals surface area contributed by atoms with E-state index in [2.05, 4.69) is 15.5 Å². The first-order chi connectivity index (χ1) is 17.2. The summed E-state index contributed by atoms with van der Waals surface area (Å²) < 4.78 is 20.7. The van der Waals surface area contributed by atoms with Crippen molar-refractivity contribution in [2.45, 2.75) is 26.9 Å². The van der Waals surface area contributed by atoms with Gasteiger partial charge in [0.2, 0.25) is 0 Å². The molecule has 2 aromatic carbocycles. The minimum Gasteiger partial charge on any atom is -0.378 e. The van der Waals surface area contributed by atoms with Crippen LogP contribution in [0.3, 0.4) is 0 Å². The van der Waals surface area contributed by atoms with Crippen molar-refractivity contribution in [3.05, 3.63) is 76.4 Å². The van der Waals surface area contributed by atoms with E-state index >= 15 is 0 Å². The Morgan fingerprint density at radius 3 is 2.44 bits per heavy atom. The molecule has 1 fully saturated rings. The number of morpholine rings is 1. The van der Waals surface area contributed by atoms with Crippen LogP contribution in [0.25, 0.3) is 0 Å². The zero-order valence-corrected chi connectivity index (χ0v) is 20.9. The highest BCUT2D eigenvalue weighted by atomic mass is 19.1.